The van der Waals surface area contributed by atoms with Gasteiger partial charge >= 0.3 is 0 Å². The van der Waals surface area contributed by atoms with Crippen LogP contribution in [0.25, 0.3) is 54.9 Å². The van der Waals surface area contributed by atoms with Crippen molar-refractivity contribution in [3.63, 3.8) is 0 Å². The lowest BCUT2D eigenvalue weighted by Gasteiger charge is -2.37. The van der Waals surface area contributed by atoms with Crippen LogP contribution in [-0.4, -0.2) is 9.97 Å². The number of para-hydroxylation sites is 1. The van der Waals surface area contributed by atoms with E-state index in [2.05, 4.69) is 163 Å². The molecule has 2 heterocycles. The van der Waals surface area contributed by atoms with Gasteiger partial charge in [0.1, 0.15) is 0 Å². The maximum atomic E-state index is 4.94. The third kappa shape index (κ3) is 4.80. The minimum Gasteiger partial charge on any atom is -0.256 e. The van der Waals surface area contributed by atoms with Crippen LogP contribution in [0.3, 0.4) is 0 Å². The van der Waals surface area contributed by atoms with Crippen LogP contribution in [0.2, 0.25) is 0 Å². The van der Waals surface area contributed by atoms with E-state index in [1.165, 1.54) is 60.5 Å². The Balaban J connectivity index is 1.13. The molecule has 2 atom stereocenters. The highest BCUT2D eigenvalue weighted by Gasteiger charge is 2.36. The van der Waals surface area contributed by atoms with Gasteiger partial charge in [-0.25, -0.2) is 0 Å². The third-order valence-corrected chi connectivity index (χ3v) is 10.5. The van der Waals surface area contributed by atoms with Gasteiger partial charge in [-0.1, -0.05) is 140 Å². The monoisotopic (exact) mass is 636 g/mol. The number of pyridine rings is 2. The molecule has 234 valence electrons. The van der Waals surface area contributed by atoms with E-state index < -0.39 is 0 Å². The molecule has 0 saturated heterocycles. The van der Waals surface area contributed by atoms with E-state index in [1.54, 1.807) is 0 Å². The van der Waals surface area contributed by atoms with Gasteiger partial charge in [-0.05, 0) is 90.9 Å². The molecule has 2 aliphatic rings. The molecule has 0 aliphatic heterocycles. The predicted molar refractivity (Wildman–Crippen MR) is 208 cm³/mol. The van der Waals surface area contributed by atoms with Gasteiger partial charge in [-0.2, -0.15) is 0 Å². The number of allylic oxidation sites excluding steroid dienone is 5. The number of aromatic nitrogens is 2. The molecule has 0 bridgehead atoms. The molecule has 0 saturated carbocycles. The van der Waals surface area contributed by atoms with E-state index in [4.69, 9.17) is 4.98 Å². The zero-order chi connectivity index (χ0) is 33.0. The van der Waals surface area contributed by atoms with Crippen molar-refractivity contribution in [2.75, 3.05) is 0 Å². The normalized spacial score (nSPS) is 16.8. The Bertz CT molecular complexity index is 2710. The van der Waals surface area contributed by atoms with Crippen molar-refractivity contribution in [1.29, 1.82) is 0 Å². The molecule has 2 heteroatoms. The van der Waals surface area contributed by atoms with E-state index in [0.717, 1.165) is 27.7 Å². The summed E-state index contributed by atoms with van der Waals surface area (Å²) in [6, 6.07) is 55.0. The maximum absolute atomic E-state index is 4.94. The second kappa shape index (κ2) is 11.6. The fourth-order valence-electron chi connectivity index (χ4n) is 8.08. The van der Waals surface area contributed by atoms with Crippen LogP contribution in [0.5, 0.6) is 0 Å². The van der Waals surface area contributed by atoms with Crippen molar-refractivity contribution in [2.24, 2.45) is 5.92 Å². The standard InChI is InChI=1S/C48H32N2/c1-3-11-33-25-37(19-17-31(33)9-1)47-41-14-6-7-15-42(41)48(38-20-18-32-10-2-4-12-34(32)26-38)44-28-35(21-23-43(44)47)39-22-24-46(49-29-39)40-27-36-13-5-8-16-45(36)50-30-40/h1-30,43,47H. The van der Waals surface area contributed by atoms with Crippen LogP contribution in [0.4, 0.5) is 0 Å². The quantitative estimate of drug-likeness (QED) is 0.192. The first-order chi connectivity index (χ1) is 24.8. The predicted octanol–water partition coefficient (Wildman–Crippen LogP) is 11.8. The highest BCUT2D eigenvalue weighted by atomic mass is 14.7. The summed E-state index contributed by atoms with van der Waals surface area (Å²) in [5, 5.41) is 6.17. The van der Waals surface area contributed by atoms with Crippen molar-refractivity contribution in [3.8, 4) is 11.3 Å². The lowest BCUT2D eigenvalue weighted by Crippen LogP contribution is -2.23. The van der Waals surface area contributed by atoms with E-state index in [-0.39, 0.29) is 11.8 Å². The first-order valence-electron chi connectivity index (χ1n) is 17.3. The van der Waals surface area contributed by atoms with Gasteiger partial charge in [0.05, 0.1) is 11.2 Å². The fourth-order valence-corrected chi connectivity index (χ4v) is 8.08. The van der Waals surface area contributed by atoms with Gasteiger partial charge in [0.2, 0.25) is 0 Å². The van der Waals surface area contributed by atoms with E-state index in [9.17, 15) is 0 Å². The summed E-state index contributed by atoms with van der Waals surface area (Å²) in [6.07, 6.45) is 11.1. The Morgan fingerprint density at radius 1 is 0.480 bits per heavy atom. The van der Waals surface area contributed by atoms with E-state index in [1.807, 2.05) is 24.5 Å². The molecular formula is C48H32N2. The first kappa shape index (κ1) is 28.6. The molecule has 6 aromatic carbocycles. The van der Waals surface area contributed by atoms with Gasteiger partial charge in [0, 0.05) is 40.7 Å². The van der Waals surface area contributed by atoms with Gasteiger partial charge in [0.25, 0.3) is 0 Å². The summed E-state index contributed by atoms with van der Waals surface area (Å²) in [5.41, 5.74) is 13.1. The lowest BCUT2D eigenvalue weighted by atomic mass is 9.65. The van der Waals surface area contributed by atoms with E-state index in [0.29, 0.717) is 0 Å². The Morgan fingerprint density at radius 3 is 1.96 bits per heavy atom. The van der Waals surface area contributed by atoms with Crippen LogP contribution >= 0.6 is 0 Å². The molecule has 0 amide bonds. The summed E-state index contributed by atoms with van der Waals surface area (Å²) in [6.45, 7) is 0. The molecule has 0 fully saturated rings. The topological polar surface area (TPSA) is 25.8 Å². The molecule has 0 radical (unpaired) electrons. The highest BCUT2D eigenvalue weighted by Crippen LogP contribution is 2.51. The van der Waals surface area contributed by atoms with Crippen LogP contribution in [0.15, 0.2) is 188 Å². The Morgan fingerprint density at radius 2 is 1.14 bits per heavy atom. The number of fused-ring (bicyclic) bond motifs is 5. The van der Waals surface area contributed by atoms with E-state index >= 15 is 0 Å². The number of hydrogen-bond acceptors (Lipinski definition) is 2. The van der Waals surface area contributed by atoms with Gasteiger partial charge in [-0.3, -0.25) is 9.97 Å². The lowest BCUT2D eigenvalue weighted by molar-refractivity contribution is 0.650. The van der Waals surface area contributed by atoms with Crippen LogP contribution in [0, 0.1) is 5.92 Å². The zero-order valence-electron chi connectivity index (χ0n) is 27.4. The van der Waals surface area contributed by atoms with Crippen molar-refractivity contribution in [1.82, 2.24) is 9.97 Å². The third-order valence-electron chi connectivity index (χ3n) is 10.5. The summed E-state index contributed by atoms with van der Waals surface area (Å²) in [4.78, 5) is 9.61. The van der Waals surface area contributed by atoms with Gasteiger partial charge in [-0.15, -0.1) is 0 Å². The Labute approximate surface area is 291 Å². The number of nitrogens with zero attached hydrogens (tertiary/aromatic N) is 2. The summed E-state index contributed by atoms with van der Waals surface area (Å²) >= 11 is 0. The zero-order valence-corrected chi connectivity index (χ0v) is 27.4. The molecular weight excluding hydrogens is 605 g/mol. The van der Waals surface area contributed by atoms with Crippen LogP contribution in [0.1, 0.15) is 33.7 Å². The number of benzene rings is 6. The molecule has 2 aliphatic carbocycles. The second-order valence-corrected chi connectivity index (χ2v) is 13.4. The molecule has 2 aromatic heterocycles. The van der Waals surface area contributed by atoms with Crippen molar-refractivity contribution in [3.05, 3.63) is 216 Å². The summed E-state index contributed by atoms with van der Waals surface area (Å²) in [7, 11) is 0. The molecule has 50 heavy (non-hydrogen) atoms. The number of rotatable bonds is 4. The van der Waals surface area contributed by atoms with Crippen molar-refractivity contribution in [2.45, 2.75) is 5.92 Å². The largest absolute Gasteiger partial charge is 0.256 e. The van der Waals surface area contributed by atoms with Gasteiger partial charge in [0.15, 0.2) is 0 Å². The molecule has 2 unspecified atom stereocenters. The highest BCUT2D eigenvalue weighted by molar-refractivity contribution is 5.96. The fraction of sp³-hybridized carbons (Fsp3) is 0.0417. The minimum absolute atomic E-state index is 0.173. The molecule has 0 N–H and O–H groups in total. The number of hydrogen-bond donors (Lipinski definition) is 0. The first-order valence-corrected chi connectivity index (χ1v) is 17.3. The van der Waals surface area contributed by atoms with Crippen LogP contribution in [-0.2, 0) is 0 Å². The van der Waals surface area contributed by atoms with Gasteiger partial charge < -0.3 is 0 Å². The SMILES string of the molecule is C1=CC2C(=C(c3ccc4ccccc4c3)c3ccccc3C2c2ccc3ccccc3c2)C=C1c1ccc(-c2cnc3ccccc3c2)nc1. The summed E-state index contributed by atoms with van der Waals surface area (Å²) in [5.74, 6) is 0.358. The second-order valence-electron chi connectivity index (χ2n) is 13.4. The maximum Gasteiger partial charge on any atom is 0.0718 e. The van der Waals surface area contributed by atoms with Crippen molar-refractivity contribution >= 4 is 43.6 Å². The average molecular weight is 637 g/mol. The molecule has 8 aromatic rings. The molecule has 0 spiro atoms. The van der Waals surface area contributed by atoms with Crippen molar-refractivity contribution < 1.29 is 0 Å². The minimum atomic E-state index is 0.173. The smallest absolute Gasteiger partial charge is 0.0718 e. The molecule has 2 nitrogen and oxygen atoms in total. The Kier molecular flexibility index (Phi) is 6.67. The Hall–Kier alpha value is -6.38. The summed E-state index contributed by atoms with van der Waals surface area (Å²) < 4.78 is 0. The van der Waals surface area contributed by atoms with Crippen LogP contribution < -0.4 is 0 Å². The molecule has 10 rings (SSSR count). The average Bonchev–Trinajstić information content (AvgIpc) is 3.19.